The average Bonchev–Trinajstić information content (AvgIpc) is 2.72. The molecule has 0 aromatic rings. The third-order valence-corrected chi connectivity index (χ3v) is 5.93. The van der Waals surface area contributed by atoms with E-state index < -0.39 is 0 Å². The number of nitrogens with zero attached hydrogens (tertiary/aromatic N) is 2. The molecular formula is C26H54N2O. The summed E-state index contributed by atoms with van der Waals surface area (Å²) in [5, 5.41) is 0. The van der Waals surface area contributed by atoms with Crippen molar-refractivity contribution in [1.82, 2.24) is 9.80 Å². The van der Waals surface area contributed by atoms with Crippen LogP contribution in [0.25, 0.3) is 0 Å². The number of carbonyl (C=O) groups excluding carboxylic acids is 1. The van der Waals surface area contributed by atoms with E-state index in [1.165, 1.54) is 96.3 Å². The fourth-order valence-corrected chi connectivity index (χ4v) is 4.08. The van der Waals surface area contributed by atoms with Crippen LogP contribution >= 0.6 is 0 Å². The number of rotatable bonds is 21. The molecule has 3 nitrogen and oxygen atoms in total. The van der Waals surface area contributed by atoms with E-state index in [1.807, 2.05) is 16.8 Å². The average molecular weight is 411 g/mol. The molecule has 0 aliphatic carbocycles. The van der Waals surface area contributed by atoms with Crippen LogP contribution in [0.15, 0.2) is 0 Å². The van der Waals surface area contributed by atoms with Gasteiger partial charge in [-0.25, -0.2) is 4.79 Å². The van der Waals surface area contributed by atoms with Crippen molar-refractivity contribution in [3.63, 3.8) is 0 Å². The number of hydrogen-bond donors (Lipinski definition) is 0. The zero-order chi connectivity index (χ0) is 21.6. The first-order valence-electron chi connectivity index (χ1n) is 13.2. The largest absolute Gasteiger partial charge is 0.328 e. The summed E-state index contributed by atoms with van der Waals surface area (Å²) < 4.78 is 0. The number of urea groups is 1. The Labute approximate surface area is 184 Å². The second-order valence-electron chi connectivity index (χ2n) is 8.99. The van der Waals surface area contributed by atoms with Crippen molar-refractivity contribution in [3.8, 4) is 0 Å². The van der Waals surface area contributed by atoms with E-state index in [1.54, 1.807) is 0 Å². The SMILES string of the molecule is CCCCCCCCCCCCCCCCCCN(C)C(=O)N(CCC)CCC. The first-order chi connectivity index (χ1) is 14.2. The number of carbonyl (C=O) groups is 1. The highest BCUT2D eigenvalue weighted by Crippen LogP contribution is 2.14. The van der Waals surface area contributed by atoms with Gasteiger partial charge < -0.3 is 9.80 Å². The summed E-state index contributed by atoms with van der Waals surface area (Å²) in [7, 11) is 1.96. The minimum absolute atomic E-state index is 0.217. The van der Waals surface area contributed by atoms with Crippen LogP contribution in [0.1, 0.15) is 136 Å². The van der Waals surface area contributed by atoms with Gasteiger partial charge in [0.2, 0.25) is 0 Å². The molecular weight excluding hydrogens is 356 g/mol. The van der Waals surface area contributed by atoms with Crippen LogP contribution in [0.5, 0.6) is 0 Å². The zero-order valence-electron chi connectivity index (χ0n) is 20.7. The maximum absolute atomic E-state index is 12.5. The maximum Gasteiger partial charge on any atom is 0.319 e. The summed E-state index contributed by atoms with van der Waals surface area (Å²) in [5.74, 6) is 0. The van der Waals surface area contributed by atoms with Crippen molar-refractivity contribution in [2.45, 2.75) is 136 Å². The summed E-state index contributed by atoms with van der Waals surface area (Å²) in [4.78, 5) is 16.4. The summed E-state index contributed by atoms with van der Waals surface area (Å²) in [6.45, 7) is 9.25. The molecule has 0 atom stereocenters. The molecule has 0 spiro atoms. The Morgan fingerprint density at radius 2 is 0.828 bits per heavy atom. The Morgan fingerprint density at radius 3 is 1.17 bits per heavy atom. The molecule has 0 unspecified atom stereocenters. The van der Waals surface area contributed by atoms with Gasteiger partial charge in [-0.2, -0.15) is 0 Å². The zero-order valence-corrected chi connectivity index (χ0v) is 20.7. The quantitative estimate of drug-likeness (QED) is 0.174. The molecule has 0 N–H and O–H groups in total. The molecule has 0 heterocycles. The molecule has 0 fully saturated rings. The Morgan fingerprint density at radius 1 is 0.483 bits per heavy atom. The lowest BCUT2D eigenvalue weighted by atomic mass is 10.0. The molecule has 0 aromatic carbocycles. The van der Waals surface area contributed by atoms with Crippen molar-refractivity contribution in [2.24, 2.45) is 0 Å². The van der Waals surface area contributed by atoms with E-state index in [9.17, 15) is 4.79 Å². The molecule has 29 heavy (non-hydrogen) atoms. The lowest BCUT2D eigenvalue weighted by Gasteiger charge is -2.27. The molecule has 0 saturated carbocycles. The Balaban J connectivity index is 3.41. The van der Waals surface area contributed by atoms with E-state index in [0.29, 0.717) is 0 Å². The van der Waals surface area contributed by atoms with Crippen molar-refractivity contribution in [3.05, 3.63) is 0 Å². The number of hydrogen-bond acceptors (Lipinski definition) is 1. The summed E-state index contributed by atoms with van der Waals surface area (Å²) in [6.07, 6.45) is 24.3. The van der Waals surface area contributed by atoms with E-state index in [2.05, 4.69) is 20.8 Å². The Bertz CT molecular complexity index is 340. The summed E-state index contributed by atoms with van der Waals surface area (Å²) in [5.41, 5.74) is 0. The maximum atomic E-state index is 12.5. The third-order valence-electron chi connectivity index (χ3n) is 5.93. The first-order valence-corrected chi connectivity index (χ1v) is 13.2. The number of amides is 2. The van der Waals surface area contributed by atoms with Gasteiger partial charge in [0.05, 0.1) is 0 Å². The highest BCUT2D eigenvalue weighted by atomic mass is 16.2. The van der Waals surface area contributed by atoms with Crippen molar-refractivity contribution >= 4 is 6.03 Å². The minimum Gasteiger partial charge on any atom is -0.328 e. The molecule has 3 heteroatoms. The van der Waals surface area contributed by atoms with E-state index in [0.717, 1.165) is 38.9 Å². The molecule has 0 radical (unpaired) electrons. The third kappa shape index (κ3) is 17.8. The first kappa shape index (κ1) is 28.3. The van der Waals surface area contributed by atoms with Crippen LogP contribution in [-0.4, -0.2) is 42.5 Å². The van der Waals surface area contributed by atoms with Crippen molar-refractivity contribution < 1.29 is 4.79 Å². The van der Waals surface area contributed by atoms with Gasteiger partial charge in [0.1, 0.15) is 0 Å². The minimum atomic E-state index is 0.217. The van der Waals surface area contributed by atoms with Gasteiger partial charge >= 0.3 is 6.03 Å². The number of unbranched alkanes of at least 4 members (excludes halogenated alkanes) is 15. The van der Waals surface area contributed by atoms with Crippen molar-refractivity contribution in [2.75, 3.05) is 26.7 Å². The topological polar surface area (TPSA) is 23.6 Å². The molecule has 2 amide bonds. The van der Waals surface area contributed by atoms with Gasteiger partial charge in [-0.05, 0) is 19.3 Å². The highest BCUT2D eigenvalue weighted by Gasteiger charge is 2.15. The van der Waals surface area contributed by atoms with Gasteiger partial charge in [-0.1, -0.05) is 117 Å². The van der Waals surface area contributed by atoms with Crippen LogP contribution in [0.3, 0.4) is 0 Å². The van der Waals surface area contributed by atoms with Gasteiger partial charge in [0, 0.05) is 26.7 Å². The molecule has 0 aromatic heterocycles. The van der Waals surface area contributed by atoms with Gasteiger partial charge in [0.25, 0.3) is 0 Å². The Hall–Kier alpha value is -0.730. The molecule has 174 valence electrons. The van der Waals surface area contributed by atoms with E-state index in [-0.39, 0.29) is 6.03 Å². The molecule has 0 aliphatic rings. The second-order valence-corrected chi connectivity index (χ2v) is 8.99. The predicted molar refractivity (Wildman–Crippen MR) is 130 cm³/mol. The van der Waals surface area contributed by atoms with Gasteiger partial charge in [-0.3, -0.25) is 0 Å². The van der Waals surface area contributed by atoms with E-state index >= 15 is 0 Å². The van der Waals surface area contributed by atoms with E-state index in [4.69, 9.17) is 0 Å². The smallest absolute Gasteiger partial charge is 0.319 e. The van der Waals surface area contributed by atoms with Gasteiger partial charge in [0.15, 0.2) is 0 Å². The second kappa shape index (κ2) is 22.0. The molecule has 0 aliphatic heterocycles. The fraction of sp³-hybridized carbons (Fsp3) is 0.962. The van der Waals surface area contributed by atoms with Crippen molar-refractivity contribution in [1.29, 1.82) is 0 Å². The van der Waals surface area contributed by atoms with Crippen LogP contribution in [0, 0.1) is 0 Å². The highest BCUT2D eigenvalue weighted by molar-refractivity contribution is 5.74. The summed E-state index contributed by atoms with van der Waals surface area (Å²) >= 11 is 0. The standard InChI is InChI=1S/C26H54N2O/c1-5-8-9-10-11-12-13-14-15-16-17-18-19-20-21-22-25-27(4)26(29)28(23-6-2)24-7-3/h5-25H2,1-4H3. The lowest BCUT2D eigenvalue weighted by Crippen LogP contribution is -2.42. The molecule has 0 bridgehead atoms. The van der Waals surface area contributed by atoms with Gasteiger partial charge in [-0.15, -0.1) is 0 Å². The monoisotopic (exact) mass is 410 g/mol. The van der Waals surface area contributed by atoms with Crippen LogP contribution in [0.4, 0.5) is 4.79 Å². The lowest BCUT2D eigenvalue weighted by molar-refractivity contribution is 0.162. The van der Waals surface area contributed by atoms with Crippen LogP contribution < -0.4 is 0 Å². The van der Waals surface area contributed by atoms with Crippen LogP contribution in [-0.2, 0) is 0 Å². The molecule has 0 saturated heterocycles. The summed E-state index contributed by atoms with van der Waals surface area (Å²) in [6, 6.07) is 0.217. The normalized spacial score (nSPS) is 11.0. The predicted octanol–water partition coefficient (Wildman–Crippen LogP) is 8.42. The fourth-order valence-electron chi connectivity index (χ4n) is 4.08. The van der Waals surface area contributed by atoms with Crippen LogP contribution in [0.2, 0.25) is 0 Å². The molecule has 0 rings (SSSR count). The Kier molecular flexibility index (Phi) is 21.4.